The molecule has 1 heterocycles. The van der Waals surface area contributed by atoms with Crippen LogP contribution < -0.4 is 11.0 Å². The van der Waals surface area contributed by atoms with Crippen molar-refractivity contribution >= 4 is 40.6 Å². The quantitative estimate of drug-likeness (QED) is 0.569. The molecule has 130 valence electrons. The van der Waals surface area contributed by atoms with Crippen LogP contribution in [0.5, 0.6) is 0 Å². The summed E-state index contributed by atoms with van der Waals surface area (Å²) in [5.74, 6) is -0.530. The molecule has 0 saturated carbocycles. The minimum absolute atomic E-state index is 0.114. The monoisotopic (exact) mass is 366 g/mol. The van der Waals surface area contributed by atoms with E-state index < -0.39 is 5.91 Å². The van der Waals surface area contributed by atoms with Crippen molar-refractivity contribution in [2.75, 3.05) is 0 Å². The molecule has 7 heteroatoms. The third-order valence-corrected chi connectivity index (χ3v) is 3.84. The van der Waals surface area contributed by atoms with Crippen LogP contribution in [0.25, 0.3) is 16.8 Å². The van der Waals surface area contributed by atoms with E-state index in [0.717, 1.165) is 10.2 Å². The van der Waals surface area contributed by atoms with Crippen LogP contribution in [0.3, 0.4) is 0 Å². The number of hydrogen-bond acceptors (Lipinski definition) is 4. The summed E-state index contributed by atoms with van der Waals surface area (Å²) in [6.07, 6.45) is 3.05. The maximum Gasteiger partial charge on any atom is 0.292 e. The molecule has 2 aromatic carbocycles. The standard InChI is InChI=1S/C19H15ClN4O2/c1-24-19(26)16-10-6-5-9-15(16)17(23-24)18(25)22-21-12-14(20)11-13-7-3-2-4-8-13/h2-12H,1H3,(H,22,25)/b14-11-,21-12-. The average molecular weight is 367 g/mol. The number of aromatic nitrogens is 2. The lowest BCUT2D eigenvalue weighted by Gasteiger charge is -2.06. The summed E-state index contributed by atoms with van der Waals surface area (Å²) in [4.78, 5) is 24.5. The van der Waals surface area contributed by atoms with Crippen LogP contribution in [0.1, 0.15) is 16.1 Å². The zero-order chi connectivity index (χ0) is 18.5. The van der Waals surface area contributed by atoms with Crippen molar-refractivity contribution in [3.05, 3.63) is 81.2 Å². The number of benzene rings is 2. The summed E-state index contributed by atoms with van der Waals surface area (Å²) in [7, 11) is 1.49. The van der Waals surface area contributed by atoms with E-state index in [0.29, 0.717) is 15.8 Å². The van der Waals surface area contributed by atoms with Gasteiger partial charge < -0.3 is 0 Å². The van der Waals surface area contributed by atoms with Crippen molar-refractivity contribution in [3.63, 3.8) is 0 Å². The fourth-order valence-corrected chi connectivity index (χ4v) is 2.59. The van der Waals surface area contributed by atoms with Crippen molar-refractivity contribution in [2.45, 2.75) is 0 Å². The van der Waals surface area contributed by atoms with Gasteiger partial charge in [0, 0.05) is 12.4 Å². The SMILES string of the molecule is Cn1nc(C(=O)N/N=C\C(Cl)=C\c2ccccc2)c2ccccc2c1=O. The molecule has 0 aliphatic carbocycles. The van der Waals surface area contributed by atoms with Crippen molar-refractivity contribution in [2.24, 2.45) is 12.1 Å². The molecule has 0 bridgehead atoms. The van der Waals surface area contributed by atoms with E-state index >= 15 is 0 Å². The molecule has 0 saturated heterocycles. The molecule has 1 N–H and O–H groups in total. The van der Waals surface area contributed by atoms with Gasteiger partial charge in [0.25, 0.3) is 11.5 Å². The molecule has 1 aromatic heterocycles. The fraction of sp³-hybridized carbons (Fsp3) is 0.0526. The molecular weight excluding hydrogens is 352 g/mol. The second-order valence-electron chi connectivity index (χ2n) is 5.46. The van der Waals surface area contributed by atoms with E-state index in [1.165, 1.54) is 13.3 Å². The lowest BCUT2D eigenvalue weighted by Crippen LogP contribution is -2.27. The van der Waals surface area contributed by atoms with Crippen LogP contribution in [0.15, 0.2) is 69.5 Å². The Kier molecular flexibility index (Phi) is 5.24. The number of amides is 1. The molecule has 6 nitrogen and oxygen atoms in total. The summed E-state index contributed by atoms with van der Waals surface area (Å²) in [6.45, 7) is 0. The molecule has 0 fully saturated rings. The Morgan fingerprint density at radius 1 is 1.12 bits per heavy atom. The Morgan fingerprint density at radius 3 is 2.50 bits per heavy atom. The Morgan fingerprint density at radius 2 is 1.77 bits per heavy atom. The van der Waals surface area contributed by atoms with Gasteiger partial charge in [0.05, 0.1) is 16.6 Å². The van der Waals surface area contributed by atoms with E-state index in [4.69, 9.17) is 11.6 Å². The van der Waals surface area contributed by atoms with Crippen LogP contribution in [-0.4, -0.2) is 21.9 Å². The molecule has 0 aliphatic rings. The van der Waals surface area contributed by atoms with E-state index in [2.05, 4.69) is 15.6 Å². The minimum atomic E-state index is -0.530. The Hall–Kier alpha value is -3.25. The van der Waals surface area contributed by atoms with Gasteiger partial charge in [-0.1, -0.05) is 60.1 Å². The minimum Gasteiger partial charge on any atom is -0.267 e. The highest BCUT2D eigenvalue weighted by Gasteiger charge is 2.14. The van der Waals surface area contributed by atoms with Gasteiger partial charge in [0.2, 0.25) is 0 Å². The molecular formula is C19H15ClN4O2. The Balaban J connectivity index is 1.81. The van der Waals surface area contributed by atoms with Crippen molar-refractivity contribution in [3.8, 4) is 0 Å². The van der Waals surface area contributed by atoms with Gasteiger partial charge in [0.15, 0.2) is 5.69 Å². The highest BCUT2D eigenvalue weighted by Crippen LogP contribution is 2.13. The number of rotatable bonds is 4. The maximum absolute atomic E-state index is 12.4. The second-order valence-corrected chi connectivity index (χ2v) is 5.90. The highest BCUT2D eigenvalue weighted by molar-refractivity contribution is 6.41. The zero-order valence-corrected chi connectivity index (χ0v) is 14.6. The number of carbonyl (C=O) groups is 1. The smallest absolute Gasteiger partial charge is 0.267 e. The number of fused-ring (bicyclic) bond motifs is 1. The first-order chi connectivity index (χ1) is 12.6. The zero-order valence-electron chi connectivity index (χ0n) is 13.9. The summed E-state index contributed by atoms with van der Waals surface area (Å²) in [6, 6.07) is 16.3. The molecule has 3 aromatic rings. The Bertz CT molecular complexity index is 1070. The normalized spacial score (nSPS) is 11.8. The average Bonchev–Trinajstić information content (AvgIpc) is 2.65. The second kappa shape index (κ2) is 7.76. The number of nitrogens with one attached hydrogen (secondary N) is 1. The van der Waals surface area contributed by atoms with Crippen LogP contribution >= 0.6 is 11.6 Å². The molecule has 0 aliphatic heterocycles. The van der Waals surface area contributed by atoms with Gasteiger partial charge in [-0.25, -0.2) is 10.1 Å². The predicted molar refractivity (Wildman–Crippen MR) is 103 cm³/mol. The van der Waals surface area contributed by atoms with Crippen LogP contribution in [0.2, 0.25) is 0 Å². The number of hydrazone groups is 1. The molecule has 3 rings (SSSR count). The molecule has 26 heavy (non-hydrogen) atoms. The first kappa shape index (κ1) is 17.6. The van der Waals surface area contributed by atoms with E-state index in [1.54, 1.807) is 30.3 Å². The first-order valence-electron chi connectivity index (χ1n) is 7.78. The first-order valence-corrected chi connectivity index (χ1v) is 8.16. The molecule has 0 atom stereocenters. The molecule has 0 unspecified atom stereocenters. The number of halogens is 1. The van der Waals surface area contributed by atoms with Crippen molar-refractivity contribution in [1.29, 1.82) is 0 Å². The lowest BCUT2D eigenvalue weighted by atomic mass is 10.1. The predicted octanol–water partition coefficient (Wildman–Crippen LogP) is 2.93. The van der Waals surface area contributed by atoms with Gasteiger partial charge in [0.1, 0.15) is 0 Å². The topological polar surface area (TPSA) is 76.3 Å². The number of allylic oxidation sites excluding steroid dienone is 1. The number of aryl methyl sites for hydroxylation is 1. The Labute approximate surface area is 154 Å². The maximum atomic E-state index is 12.4. The highest BCUT2D eigenvalue weighted by atomic mass is 35.5. The lowest BCUT2D eigenvalue weighted by molar-refractivity contribution is 0.0950. The van der Waals surface area contributed by atoms with Crippen molar-refractivity contribution < 1.29 is 4.79 Å². The summed E-state index contributed by atoms with van der Waals surface area (Å²) in [5, 5.41) is 9.13. The van der Waals surface area contributed by atoms with Gasteiger partial charge in [-0.05, 0) is 17.7 Å². The van der Waals surface area contributed by atoms with Crippen molar-refractivity contribution in [1.82, 2.24) is 15.2 Å². The molecule has 0 spiro atoms. The number of hydrogen-bond donors (Lipinski definition) is 1. The largest absolute Gasteiger partial charge is 0.292 e. The van der Waals surface area contributed by atoms with Gasteiger partial charge in [-0.2, -0.15) is 10.2 Å². The van der Waals surface area contributed by atoms with E-state index in [-0.39, 0.29) is 11.3 Å². The van der Waals surface area contributed by atoms with Gasteiger partial charge in [-0.15, -0.1) is 0 Å². The summed E-state index contributed by atoms with van der Waals surface area (Å²) < 4.78 is 1.13. The van der Waals surface area contributed by atoms with Gasteiger partial charge >= 0.3 is 0 Å². The van der Waals surface area contributed by atoms with Crippen LogP contribution in [0, 0.1) is 0 Å². The van der Waals surface area contributed by atoms with Crippen LogP contribution in [0.4, 0.5) is 0 Å². The third-order valence-electron chi connectivity index (χ3n) is 3.63. The summed E-state index contributed by atoms with van der Waals surface area (Å²) >= 11 is 6.09. The number of nitrogens with zero attached hydrogens (tertiary/aromatic N) is 3. The fourth-order valence-electron chi connectivity index (χ4n) is 2.42. The molecule has 1 amide bonds. The van der Waals surface area contributed by atoms with E-state index in [9.17, 15) is 9.59 Å². The summed E-state index contributed by atoms with van der Waals surface area (Å²) in [5.41, 5.74) is 3.14. The van der Waals surface area contributed by atoms with Gasteiger partial charge in [-0.3, -0.25) is 9.59 Å². The van der Waals surface area contributed by atoms with E-state index in [1.807, 2.05) is 30.3 Å². The van der Waals surface area contributed by atoms with Crippen LogP contribution in [-0.2, 0) is 7.05 Å². The third kappa shape index (κ3) is 3.87. The number of carbonyl (C=O) groups excluding carboxylic acids is 1. The molecule has 0 radical (unpaired) electrons.